The highest BCUT2D eigenvalue weighted by Crippen LogP contribution is 2.18. The summed E-state index contributed by atoms with van der Waals surface area (Å²) in [6.07, 6.45) is 1.46. The van der Waals surface area contributed by atoms with Gasteiger partial charge in [0, 0.05) is 11.8 Å². The summed E-state index contributed by atoms with van der Waals surface area (Å²) < 4.78 is 4.58. The lowest BCUT2D eigenvalue weighted by Crippen LogP contribution is -2.42. The van der Waals surface area contributed by atoms with Gasteiger partial charge in [-0.1, -0.05) is 6.07 Å². The first-order valence-corrected chi connectivity index (χ1v) is 4.08. The van der Waals surface area contributed by atoms with Gasteiger partial charge in [-0.25, -0.2) is 9.78 Å². The van der Waals surface area contributed by atoms with Crippen molar-refractivity contribution in [2.24, 2.45) is 5.73 Å². The van der Waals surface area contributed by atoms with Crippen molar-refractivity contribution in [3.8, 4) is 0 Å². The number of esters is 1. The minimum absolute atomic E-state index is 0.384. The summed E-state index contributed by atoms with van der Waals surface area (Å²) in [7, 11) is 1.29. The monoisotopic (exact) mass is 195 g/mol. The van der Waals surface area contributed by atoms with Crippen molar-refractivity contribution in [3.63, 3.8) is 0 Å². The molecule has 0 aliphatic heterocycles. The van der Waals surface area contributed by atoms with E-state index in [1.807, 2.05) is 0 Å². The number of carbonyl (C=O) groups excluding carboxylic acids is 1. The van der Waals surface area contributed by atoms with Crippen molar-refractivity contribution in [3.05, 3.63) is 23.9 Å². The highest BCUT2D eigenvalue weighted by Gasteiger charge is 2.31. The number of nitrogens with two attached hydrogens (primary N) is 2. The normalized spacial score (nSPS) is 14.5. The Balaban J connectivity index is 3.03. The number of nitrogens with zero attached hydrogens (tertiary/aromatic N) is 1. The molecule has 0 unspecified atom stereocenters. The molecule has 1 rings (SSSR count). The van der Waals surface area contributed by atoms with E-state index in [0.717, 1.165) is 0 Å². The first-order valence-electron chi connectivity index (χ1n) is 4.08. The van der Waals surface area contributed by atoms with Gasteiger partial charge in [0.05, 0.1) is 7.11 Å². The van der Waals surface area contributed by atoms with Gasteiger partial charge < -0.3 is 16.2 Å². The van der Waals surface area contributed by atoms with Gasteiger partial charge in [0.2, 0.25) is 0 Å². The van der Waals surface area contributed by atoms with Crippen molar-refractivity contribution in [1.29, 1.82) is 0 Å². The van der Waals surface area contributed by atoms with E-state index in [-0.39, 0.29) is 0 Å². The van der Waals surface area contributed by atoms with Gasteiger partial charge in [-0.3, -0.25) is 0 Å². The molecule has 1 atom stereocenters. The zero-order chi connectivity index (χ0) is 10.8. The summed E-state index contributed by atoms with van der Waals surface area (Å²) in [4.78, 5) is 15.2. The second kappa shape index (κ2) is 3.63. The van der Waals surface area contributed by atoms with Gasteiger partial charge >= 0.3 is 5.97 Å². The fourth-order valence-corrected chi connectivity index (χ4v) is 1.04. The molecule has 1 heterocycles. The molecule has 76 valence electrons. The van der Waals surface area contributed by atoms with Gasteiger partial charge in [0.1, 0.15) is 11.4 Å². The van der Waals surface area contributed by atoms with Crippen LogP contribution in [0, 0.1) is 0 Å². The van der Waals surface area contributed by atoms with Gasteiger partial charge in [-0.2, -0.15) is 0 Å². The lowest BCUT2D eigenvalue weighted by molar-refractivity contribution is -0.146. The van der Waals surface area contributed by atoms with Crippen molar-refractivity contribution < 1.29 is 9.53 Å². The van der Waals surface area contributed by atoms with E-state index in [1.165, 1.54) is 13.3 Å². The van der Waals surface area contributed by atoms with Crippen LogP contribution in [0.1, 0.15) is 12.5 Å². The summed E-state index contributed by atoms with van der Waals surface area (Å²) in [6, 6.07) is 3.24. The Bertz CT molecular complexity index is 332. The number of ether oxygens (including phenoxy) is 1. The van der Waals surface area contributed by atoms with E-state index in [1.54, 1.807) is 19.1 Å². The molecule has 0 saturated carbocycles. The molecule has 5 heteroatoms. The second-order valence-electron chi connectivity index (χ2n) is 3.17. The van der Waals surface area contributed by atoms with Crippen LogP contribution in [0.25, 0.3) is 0 Å². The maximum absolute atomic E-state index is 11.3. The van der Waals surface area contributed by atoms with Gasteiger partial charge in [-0.05, 0) is 13.0 Å². The van der Waals surface area contributed by atoms with E-state index in [9.17, 15) is 4.79 Å². The Kier molecular flexibility index (Phi) is 2.71. The molecule has 0 aliphatic carbocycles. The topological polar surface area (TPSA) is 91.2 Å². The van der Waals surface area contributed by atoms with E-state index in [0.29, 0.717) is 11.4 Å². The number of hydrogen-bond acceptors (Lipinski definition) is 5. The Morgan fingerprint density at radius 1 is 1.57 bits per heavy atom. The fourth-order valence-electron chi connectivity index (χ4n) is 1.04. The van der Waals surface area contributed by atoms with Gasteiger partial charge in [0.15, 0.2) is 0 Å². The maximum atomic E-state index is 11.3. The van der Waals surface area contributed by atoms with Crippen LogP contribution in [-0.4, -0.2) is 18.1 Å². The van der Waals surface area contributed by atoms with E-state index >= 15 is 0 Å². The Hall–Kier alpha value is -1.62. The van der Waals surface area contributed by atoms with Gasteiger partial charge in [0.25, 0.3) is 0 Å². The first-order chi connectivity index (χ1) is 6.48. The SMILES string of the molecule is COC(=O)[C@](C)(N)c1ccc(N)nc1. The highest BCUT2D eigenvalue weighted by atomic mass is 16.5. The average Bonchev–Trinajstić information content (AvgIpc) is 2.17. The minimum Gasteiger partial charge on any atom is -0.467 e. The van der Waals surface area contributed by atoms with Gasteiger partial charge in [-0.15, -0.1) is 0 Å². The molecule has 0 aromatic carbocycles. The van der Waals surface area contributed by atoms with Crippen LogP contribution < -0.4 is 11.5 Å². The molecule has 4 N–H and O–H groups in total. The molecule has 1 aromatic heterocycles. The summed E-state index contributed by atoms with van der Waals surface area (Å²) in [5, 5.41) is 0. The third kappa shape index (κ3) is 1.82. The lowest BCUT2D eigenvalue weighted by Gasteiger charge is -2.21. The molecule has 0 saturated heterocycles. The zero-order valence-corrected chi connectivity index (χ0v) is 8.15. The molecule has 5 nitrogen and oxygen atoms in total. The van der Waals surface area contributed by atoms with Crippen molar-refractivity contribution in [2.75, 3.05) is 12.8 Å². The molecule has 0 aliphatic rings. The number of pyridine rings is 1. The quantitative estimate of drug-likeness (QED) is 0.648. The minimum atomic E-state index is -1.19. The molecular weight excluding hydrogens is 182 g/mol. The van der Waals surface area contributed by atoms with Crippen LogP contribution in [0.5, 0.6) is 0 Å². The number of carbonyl (C=O) groups is 1. The molecule has 0 spiro atoms. The van der Waals surface area contributed by atoms with Crippen LogP contribution in [-0.2, 0) is 15.1 Å². The summed E-state index contributed by atoms with van der Waals surface area (Å²) in [5.41, 5.74) is 10.6. The Morgan fingerprint density at radius 3 is 2.64 bits per heavy atom. The highest BCUT2D eigenvalue weighted by molar-refractivity contribution is 5.81. The van der Waals surface area contributed by atoms with Crippen molar-refractivity contribution in [1.82, 2.24) is 4.98 Å². The van der Waals surface area contributed by atoms with Crippen molar-refractivity contribution in [2.45, 2.75) is 12.5 Å². The maximum Gasteiger partial charge on any atom is 0.330 e. The number of rotatable bonds is 2. The predicted octanol–water partition coefficient (Wildman–Crippen LogP) is 0.0107. The van der Waals surface area contributed by atoms with E-state index in [2.05, 4.69) is 9.72 Å². The lowest BCUT2D eigenvalue weighted by atomic mass is 9.95. The molecule has 14 heavy (non-hydrogen) atoms. The molecule has 0 fully saturated rings. The number of hydrogen-bond donors (Lipinski definition) is 2. The van der Waals surface area contributed by atoms with Crippen LogP contribution >= 0.6 is 0 Å². The second-order valence-corrected chi connectivity index (χ2v) is 3.17. The summed E-state index contributed by atoms with van der Waals surface area (Å²) >= 11 is 0. The van der Waals surface area contributed by atoms with E-state index in [4.69, 9.17) is 11.5 Å². The average molecular weight is 195 g/mol. The summed E-state index contributed by atoms with van der Waals surface area (Å²) in [6.45, 7) is 1.56. The molecule has 1 aromatic rings. The molecular formula is C9H13N3O2. The molecule has 0 radical (unpaired) electrons. The van der Waals surface area contributed by atoms with Crippen LogP contribution in [0.2, 0.25) is 0 Å². The Labute approximate surface area is 82.1 Å². The summed E-state index contributed by atoms with van der Waals surface area (Å²) in [5.74, 6) is -0.126. The molecule has 0 bridgehead atoms. The van der Waals surface area contributed by atoms with Crippen molar-refractivity contribution >= 4 is 11.8 Å². The van der Waals surface area contributed by atoms with Crippen LogP contribution in [0.15, 0.2) is 18.3 Å². The van der Waals surface area contributed by atoms with E-state index < -0.39 is 11.5 Å². The number of methoxy groups -OCH3 is 1. The van der Waals surface area contributed by atoms with Crippen LogP contribution in [0.4, 0.5) is 5.82 Å². The number of anilines is 1. The number of nitrogen functional groups attached to an aromatic ring is 1. The smallest absolute Gasteiger partial charge is 0.330 e. The number of aromatic nitrogens is 1. The fraction of sp³-hybridized carbons (Fsp3) is 0.333. The van der Waals surface area contributed by atoms with Crippen LogP contribution in [0.3, 0.4) is 0 Å². The largest absolute Gasteiger partial charge is 0.467 e. The first kappa shape index (κ1) is 10.5. The standard InChI is InChI=1S/C9H13N3O2/c1-9(11,8(13)14-2)6-3-4-7(10)12-5-6/h3-5H,11H2,1-2H3,(H2,10,12)/t9-/m1/s1. The molecule has 0 amide bonds. The zero-order valence-electron chi connectivity index (χ0n) is 8.15. The predicted molar refractivity (Wildman–Crippen MR) is 52.2 cm³/mol. The third-order valence-electron chi connectivity index (χ3n) is 2.00. The Morgan fingerprint density at radius 2 is 2.21 bits per heavy atom. The third-order valence-corrected chi connectivity index (χ3v) is 2.00.